The first kappa shape index (κ1) is 19.7. The number of carbonyl (C=O) groups excluding carboxylic acids is 1. The summed E-state index contributed by atoms with van der Waals surface area (Å²) in [6.07, 6.45) is 3.09. The first-order valence-electron chi connectivity index (χ1n) is 9.39. The number of aromatic nitrogens is 4. The van der Waals surface area contributed by atoms with Gasteiger partial charge in [-0.25, -0.2) is 18.9 Å². The van der Waals surface area contributed by atoms with Crippen LogP contribution in [0.2, 0.25) is 0 Å². The summed E-state index contributed by atoms with van der Waals surface area (Å²) in [7, 11) is 3.04. The maximum Gasteiger partial charge on any atom is 0.350 e. The van der Waals surface area contributed by atoms with Gasteiger partial charge < -0.3 is 24.4 Å². The minimum Gasteiger partial charge on any atom is -0.497 e. The van der Waals surface area contributed by atoms with Crippen LogP contribution in [0, 0.1) is 0 Å². The number of ether oxygens (including phenoxy) is 3. The molecule has 0 radical (unpaired) electrons. The van der Waals surface area contributed by atoms with Crippen molar-refractivity contribution in [2.75, 3.05) is 50.7 Å². The van der Waals surface area contributed by atoms with Crippen LogP contribution in [-0.2, 0) is 16.1 Å². The van der Waals surface area contributed by atoms with Crippen molar-refractivity contribution in [2.45, 2.75) is 6.54 Å². The molecule has 11 heteroatoms. The Labute approximate surface area is 171 Å². The van der Waals surface area contributed by atoms with Crippen molar-refractivity contribution < 1.29 is 19.0 Å². The molecule has 1 aliphatic rings. The van der Waals surface area contributed by atoms with E-state index in [1.54, 1.807) is 31.5 Å². The minimum atomic E-state index is -0.418. The van der Waals surface area contributed by atoms with E-state index in [2.05, 4.69) is 15.4 Å². The van der Waals surface area contributed by atoms with Crippen LogP contribution in [0.5, 0.6) is 11.5 Å². The van der Waals surface area contributed by atoms with Gasteiger partial charge in [-0.05, 0) is 12.1 Å². The highest BCUT2D eigenvalue weighted by Gasteiger charge is 2.20. The highest BCUT2D eigenvalue weighted by atomic mass is 16.5. The lowest BCUT2D eigenvalue weighted by molar-refractivity contribution is -0.117. The fourth-order valence-corrected chi connectivity index (χ4v) is 3.26. The number of nitrogens with zero attached hydrogens (tertiary/aromatic N) is 5. The van der Waals surface area contributed by atoms with Crippen LogP contribution in [0.3, 0.4) is 0 Å². The van der Waals surface area contributed by atoms with Gasteiger partial charge in [0, 0.05) is 31.5 Å². The van der Waals surface area contributed by atoms with E-state index in [0.29, 0.717) is 55.0 Å². The number of morpholine rings is 1. The fourth-order valence-electron chi connectivity index (χ4n) is 3.26. The van der Waals surface area contributed by atoms with Crippen LogP contribution in [-0.4, -0.2) is 65.6 Å². The molecule has 0 saturated carbocycles. The lowest BCUT2D eigenvalue weighted by atomic mass is 10.2. The quantitative estimate of drug-likeness (QED) is 0.616. The monoisotopic (exact) mass is 414 g/mol. The third-order valence-corrected chi connectivity index (χ3v) is 4.77. The first-order chi connectivity index (χ1) is 14.6. The van der Waals surface area contributed by atoms with Gasteiger partial charge >= 0.3 is 5.69 Å². The van der Waals surface area contributed by atoms with Gasteiger partial charge in [0.15, 0.2) is 5.82 Å². The number of hydrogen-bond acceptors (Lipinski definition) is 8. The van der Waals surface area contributed by atoms with E-state index in [9.17, 15) is 9.59 Å². The molecule has 1 aliphatic heterocycles. The third-order valence-electron chi connectivity index (χ3n) is 4.77. The van der Waals surface area contributed by atoms with Gasteiger partial charge in [-0.2, -0.15) is 0 Å². The number of anilines is 2. The van der Waals surface area contributed by atoms with Crippen LogP contribution in [0.25, 0.3) is 5.65 Å². The number of nitrogens with one attached hydrogen (secondary N) is 1. The van der Waals surface area contributed by atoms with Crippen molar-refractivity contribution >= 4 is 23.1 Å². The number of benzene rings is 1. The molecule has 0 atom stereocenters. The van der Waals surface area contributed by atoms with Crippen molar-refractivity contribution in [3.63, 3.8) is 0 Å². The summed E-state index contributed by atoms with van der Waals surface area (Å²) in [5.74, 6) is 1.23. The SMILES string of the molecule is COc1ccc(NC(=O)Cn2nc3c(N4CCOCC4)nccn3c2=O)c(OC)c1. The number of fused-ring (bicyclic) bond motifs is 1. The van der Waals surface area contributed by atoms with Crippen molar-refractivity contribution in [1.29, 1.82) is 0 Å². The van der Waals surface area contributed by atoms with E-state index < -0.39 is 11.6 Å². The molecule has 0 unspecified atom stereocenters. The van der Waals surface area contributed by atoms with E-state index in [0.717, 1.165) is 4.68 Å². The van der Waals surface area contributed by atoms with E-state index in [1.807, 2.05) is 4.90 Å². The van der Waals surface area contributed by atoms with E-state index in [-0.39, 0.29) is 6.54 Å². The molecule has 3 aromatic rings. The first-order valence-corrected chi connectivity index (χ1v) is 9.39. The predicted molar refractivity (Wildman–Crippen MR) is 108 cm³/mol. The Morgan fingerprint density at radius 2 is 2.03 bits per heavy atom. The Kier molecular flexibility index (Phi) is 5.53. The number of rotatable bonds is 6. The van der Waals surface area contributed by atoms with Crippen LogP contribution in [0.4, 0.5) is 11.5 Å². The molecule has 158 valence electrons. The molecule has 0 bridgehead atoms. The highest BCUT2D eigenvalue weighted by Crippen LogP contribution is 2.29. The molecule has 2 aromatic heterocycles. The Bertz CT molecular complexity index is 1120. The van der Waals surface area contributed by atoms with Gasteiger partial charge in [0.25, 0.3) is 0 Å². The van der Waals surface area contributed by atoms with Gasteiger partial charge in [-0.15, -0.1) is 5.10 Å². The van der Waals surface area contributed by atoms with Crippen molar-refractivity contribution in [3.8, 4) is 11.5 Å². The molecule has 1 fully saturated rings. The molecular formula is C19H22N6O5. The summed E-state index contributed by atoms with van der Waals surface area (Å²) < 4.78 is 18.3. The van der Waals surface area contributed by atoms with E-state index >= 15 is 0 Å². The summed E-state index contributed by atoms with van der Waals surface area (Å²) in [4.78, 5) is 31.7. The van der Waals surface area contributed by atoms with Crippen molar-refractivity contribution in [1.82, 2.24) is 19.2 Å². The lowest BCUT2D eigenvalue weighted by Gasteiger charge is -2.27. The molecule has 1 saturated heterocycles. The van der Waals surface area contributed by atoms with Gasteiger partial charge in [-0.1, -0.05) is 0 Å². The zero-order valence-electron chi connectivity index (χ0n) is 16.7. The lowest BCUT2D eigenvalue weighted by Crippen LogP contribution is -2.37. The van der Waals surface area contributed by atoms with Crippen LogP contribution in [0.15, 0.2) is 35.4 Å². The predicted octanol–water partition coefficient (Wildman–Crippen LogP) is 0.384. The Morgan fingerprint density at radius 3 is 2.77 bits per heavy atom. The van der Waals surface area contributed by atoms with E-state index in [1.165, 1.54) is 17.7 Å². The molecule has 0 aliphatic carbocycles. The van der Waals surface area contributed by atoms with Crippen LogP contribution < -0.4 is 25.4 Å². The largest absolute Gasteiger partial charge is 0.497 e. The molecule has 1 aromatic carbocycles. The maximum atomic E-state index is 12.7. The second-order valence-electron chi connectivity index (χ2n) is 6.60. The summed E-state index contributed by atoms with van der Waals surface area (Å²) in [5.41, 5.74) is 0.453. The zero-order chi connectivity index (χ0) is 21.1. The molecular weight excluding hydrogens is 392 g/mol. The highest BCUT2D eigenvalue weighted by molar-refractivity contribution is 5.92. The minimum absolute atomic E-state index is 0.252. The standard InChI is InChI=1S/C19H22N6O5/c1-28-13-3-4-14(15(11-13)29-2)21-16(26)12-25-19(27)24-6-5-20-17(18(24)22-25)23-7-9-30-10-8-23/h3-6,11H,7-10,12H2,1-2H3,(H,21,26). The molecule has 0 spiro atoms. The second-order valence-corrected chi connectivity index (χ2v) is 6.60. The normalized spacial score (nSPS) is 14.0. The molecule has 30 heavy (non-hydrogen) atoms. The van der Waals surface area contributed by atoms with Gasteiger partial charge in [-0.3, -0.25) is 4.79 Å². The molecule has 1 amide bonds. The number of hydrogen-bond donors (Lipinski definition) is 1. The van der Waals surface area contributed by atoms with Crippen LogP contribution in [0.1, 0.15) is 0 Å². The van der Waals surface area contributed by atoms with Crippen molar-refractivity contribution in [2.24, 2.45) is 0 Å². The van der Waals surface area contributed by atoms with Gasteiger partial charge in [0.1, 0.15) is 18.0 Å². The number of methoxy groups -OCH3 is 2. The summed E-state index contributed by atoms with van der Waals surface area (Å²) in [5, 5.41) is 7.09. The summed E-state index contributed by atoms with van der Waals surface area (Å²) >= 11 is 0. The zero-order valence-corrected chi connectivity index (χ0v) is 16.7. The molecule has 4 rings (SSSR count). The Hall–Kier alpha value is -3.60. The summed E-state index contributed by atoms with van der Waals surface area (Å²) in [6, 6.07) is 5.03. The number of amides is 1. The third kappa shape index (κ3) is 3.79. The number of carbonyl (C=O) groups is 1. The Morgan fingerprint density at radius 1 is 1.23 bits per heavy atom. The molecule has 1 N–H and O–H groups in total. The van der Waals surface area contributed by atoms with Gasteiger partial charge in [0.05, 0.1) is 33.1 Å². The van der Waals surface area contributed by atoms with Crippen molar-refractivity contribution in [3.05, 3.63) is 41.1 Å². The van der Waals surface area contributed by atoms with Gasteiger partial charge in [0.2, 0.25) is 11.6 Å². The average Bonchev–Trinajstić information content (AvgIpc) is 3.10. The second kappa shape index (κ2) is 8.41. The smallest absolute Gasteiger partial charge is 0.350 e. The topological polar surface area (TPSA) is 112 Å². The summed E-state index contributed by atoms with van der Waals surface area (Å²) in [6.45, 7) is 2.23. The van der Waals surface area contributed by atoms with E-state index in [4.69, 9.17) is 14.2 Å². The molecule has 3 heterocycles. The average molecular weight is 414 g/mol. The van der Waals surface area contributed by atoms with Crippen LogP contribution >= 0.6 is 0 Å². The molecule has 11 nitrogen and oxygen atoms in total. The fraction of sp³-hybridized carbons (Fsp3) is 0.368. The Balaban J connectivity index is 1.57. The maximum absolute atomic E-state index is 12.7.